The summed E-state index contributed by atoms with van der Waals surface area (Å²) in [4.78, 5) is 25.5. The van der Waals surface area contributed by atoms with Crippen LogP contribution in [0.3, 0.4) is 0 Å². The molecule has 0 atom stereocenters. The smallest absolute Gasteiger partial charge is 0.278 e. The van der Waals surface area contributed by atoms with E-state index in [0.717, 1.165) is 48.1 Å². The van der Waals surface area contributed by atoms with Crippen LogP contribution in [0.5, 0.6) is 0 Å². The average molecular weight is 369 g/mol. The van der Waals surface area contributed by atoms with Crippen LogP contribution in [0.25, 0.3) is 10.8 Å². The second-order valence-electron chi connectivity index (χ2n) is 6.39. The number of aromatic nitrogens is 2. The van der Waals surface area contributed by atoms with E-state index in [4.69, 9.17) is 0 Å². The molecule has 8 heteroatoms. The largest absolute Gasteiger partial charge is 0.367 e. The summed E-state index contributed by atoms with van der Waals surface area (Å²) in [6.45, 7) is 7.62. The fraction of sp³-hybridized carbons (Fsp3) is 0.333. The molecule has 7 nitrogen and oxygen atoms in total. The average Bonchev–Trinajstić information content (AvgIpc) is 2.99. The Hall–Kier alpha value is -2.74. The minimum absolute atomic E-state index is 0.101. The monoisotopic (exact) mass is 369 g/mol. The lowest BCUT2D eigenvalue weighted by molar-refractivity contribution is -0.383. The van der Waals surface area contributed by atoms with E-state index in [-0.39, 0.29) is 10.6 Å². The lowest BCUT2D eigenvalue weighted by atomic mass is 10.1. The van der Waals surface area contributed by atoms with Crippen molar-refractivity contribution in [3.8, 4) is 0 Å². The summed E-state index contributed by atoms with van der Waals surface area (Å²) in [5, 5.41) is 13.8. The Morgan fingerprint density at radius 1 is 1.08 bits per heavy atom. The number of anilines is 2. The summed E-state index contributed by atoms with van der Waals surface area (Å²) in [7, 11) is 0. The quantitative estimate of drug-likeness (QED) is 0.519. The number of piperazine rings is 1. The molecule has 3 heterocycles. The fourth-order valence-electron chi connectivity index (χ4n) is 3.32. The molecule has 0 N–H and O–H groups in total. The van der Waals surface area contributed by atoms with Crippen molar-refractivity contribution in [1.82, 2.24) is 9.97 Å². The highest BCUT2D eigenvalue weighted by Crippen LogP contribution is 2.34. The van der Waals surface area contributed by atoms with Gasteiger partial charge in [-0.3, -0.25) is 15.1 Å². The predicted molar refractivity (Wildman–Crippen MR) is 104 cm³/mol. The lowest BCUT2D eigenvalue weighted by Crippen LogP contribution is -2.46. The number of hydrogen-bond acceptors (Lipinski definition) is 7. The van der Waals surface area contributed by atoms with Crippen molar-refractivity contribution < 1.29 is 4.92 Å². The van der Waals surface area contributed by atoms with Gasteiger partial charge in [-0.05, 0) is 26.0 Å². The van der Waals surface area contributed by atoms with Gasteiger partial charge in [0.25, 0.3) is 5.69 Å². The Morgan fingerprint density at radius 2 is 1.81 bits per heavy atom. The summed E-state index contributed by atoms with van der Waals surface area (Å²) in [5.41, 5.74) is 2.23. The molecule has 134 valence electrons. The first-order valence-electron chi connectivity index (χ1n) is 8.49. The number of benzene rings is 1. The Morgan fingerprint density at radius 3 is 2.46 bits per heavy atom. The molecule has 1 aliphatic heterocycles. The van der Waals surface area contributed by atoms with Crippen LogP contribution in [0.15, 0.2) is 30.6 Å². The van der Waals surface area contributed by atoms with Crippen LogP contribution in [-0.4, -0.2) is 41.1 Å². The van der Waals surface area contributed by atoms with Crippen molar-refractivity contribution in [2.24, 2.45) is 0 Å². The molecule has 1 aromatic carbocycles. The van der Waals surface area contributed by atoms with Crippen molar-refractivity contribution in [3.05, 3.63) is 51.3 Å². The number of aryl methyl sites for hydroxylation is 2. The molecule has 1 aliphatic rings. The number of thiazole rings is 1. The molecule has 0 bridgehead atoms. The number of nitro groups is 1. The molecular weight excluding hydrogens is 350 g/mol. The molecular formula is C18H19N5O2S. The van der Waals surface area contributed by atoms with Gasteiger partial charge in [-0.15, -0.1) is 11.3 Å². The third kappa shape index (κ3) is 2.86. The van der Waals surface area contributed by atoms with E-state index in [2.05, 4.69) is 26.7 Å². The predicted octanol–water partition coefficient (Wildman–Crippen LogP) is 3.54. The van der Waals surface area contributed by atoms with E-state index in [1.807, 2.05) is 19.1 Å². The maximum absolute atomic E-state index is 11.3. The normalized spacial score (nSPS) is 14.8. The highest BCUT2D eigenvalue weighted by molar-refractivity contribution is 7.15. The number of pyridine rings is 1. The first-order valence-corrected chi connectivity index (χ1v) is 9.31. The van der Waals surface area contributed by atoms with Crippen LogP contribution < -0.4 is 9.80 Å². The number of rotatable bonds is 3. The summed E-state index contributed by atoms with van der Waals surface area (Å²) in [5.74, 6) is 0. The molecule has 0 spiro atoms. The standard InChI is InChI=1S/C18H19N5O2S/c1-12-13(2)26-18(20-12)22-9-7-21(8-10-22)16-3-4-17(23(24)25)15-11-19-6-5-14(15)16/h3-6,11H,7-10H2,1-2H3. The molecule has 4 rings (SSSR count). The van der Waals surface area contributed by atoms with E-state index in [1.165, 1.54) is 4.88 Å². The highest BCUT2D eigenvalue weighted by Gasteiger charge is 2.23. The lowest BCUT2D eigenvalue weighted by Gasteiger charge is -2.36. The minimum Gasteiger partial charge on any atom is -0.367 e. The zero-order chi connectivity index (χ0) is 18.3. The molecule has 2 aromatic heterocycles. The van der Waals surface area contributed by atoms with Crippen molar-refractivity contribution in [3.63, 3.8) is 0 Å². The van der Waals surface area contributed by atoms with Crippen LogP contribution in [0.4, 0.5) is 16.5 Å². The van der Waals surface area contributed by atoms with Gasteiger partial charge in [-0.1, -0.05) is 0 Å². The topological polar surface area (TPSA) is 75.4 Å². The first kappa shape index (κ1) is 16.7. The van der Waals surface area contributed by atoms with Crippen molar-refractivity contribution >= 4 is 38.6 Å². The van der Waals surface area contributed by atoms with Crippen molar-refractivity contribution in [2.75, 3.05) is 36.0 Å². The molecule has 0 saturated carbocycles. The molecule has 0 aliphatic carbocycles. The molecule has 1 fully saturated rings. The summed E-state index contributed by atoms with van der Waals surface area (Å²) in [6, 6.07) is 5.30. The molecule has 0 amide bonds. The molecule has 3 aromatic rings. The number of nitro benzene ring substituents is 1. The van der Waals surface area contributed by atoms with Gasteiger partial charge in [-0.25, -0.2) is 4.98 Å². The zero-order valence-electron chi connectivity index (χ0n) is 14.7. The SMILES string of the molecule is Cc1nc(N2CCN(c3ccc([N+](=O)[O-])c4cnccc34)CC2)sc1C. The Kier molecular flexibility index (Phi) is 4.20. The molecule has 0 unspecified atom stereocenters. The van der Waals surface area contributed by atoms with Gasteiger partial charge < -0.3 is 9.80 Å². The third-order valence-corrected chi connectivity index (χ3v) is 6.01. The number of hydrogen-bond donors (Lipinski definition) is 0. The van der Waals surface area contributed by atoms with Gasteiger partial charge in [0.2, 0.25) is 0 Å². The van der Waals surface area contributed by atoms with Gasteiger partial charge in [0.05, 0.1) is 16.0 Å². The van der Waals surface area contributed by atoms with Gasteiger partial charge in [0, 0.05) is 60.6 Å². The summed E-state index contributed by atoms with van der Waals surface area (Å²) in [6.07, 6.45) is 3.27. The number of nitrogens with zero attached hydrogens (tertiary/aromatic N) is 5. The van der Waals surface area contributed by atoms with Crippen molar-refractivity contribution in [1.29, 1.82) is 0 Å². The number of non-ortho nitro benzene ring substituents is 1. The Labute approximate surface area is 155 Å². The molecule has 1 saturated heterocycles. The van der Waals surface area contributed by atoms with E-state index in [9.17, 15) is 10.1 Å². The Balaban J connectivity index is 1.60. The molecule has 0 radical (unpaired) electrons. The second kappa shape index (κ2) is 6.53. The second-order valence-corrected chi connectivity index (χ2v) is 7.58. The zero-order valence-corrected chi connectivity index (χ0v) is 15.5. The Bertz CT molecular complexity index is 959. The highest BCUT2D eigenvalue weighted by atomic mass is 32.1. The minimum atomic E-state index is -0.348. The summed E-state index contributed by atoms with van der Waals surface area (Å²) < 4.78 is 0. The van der Waals surface area contributed by atoms with E-state index < -0.39 is 0 Å². The van der Waals surface area contributed by atoms with Gasteiger partial charge in [0.15, 0.2) is 5.13 Å². The van der Waals surface area contributed by atoms with Crippen LogP contribution in [0, 0.1) is 24.0 Å². The van der Waals surface area contributed by atoms with Crippen LogP contribution in [-0.2, 0) is 0 Å². The van der Waals surface area contributed by atoms with Crippen LogP contribution >= 0.6 is 11.3 Å². The number of fused-ring (bicyclic) bond motifs is 1. The van der Waals surface area contributed by atoms with E-state index >= 15 is 0 Å². The van der Waals surface area contributed by atoms with Crippen molar-refractivity contribution in [2.45, 2.75) is 13.8 Å². The van der Waals surface area contributed by atoms with Gasteiger partial charge in [0.1, 0.15) is 0 Å². The van der Waals surface area contributed by atoms with E-state index in [0.29, 0.717) is 5.39 Å². The molecule has 26 heavy (non-hydrogen) atoms. The van der Waals surface area contributed by atoms with Gasteiger partial charge in [-0.2, -0.15) is 0 Å². The maximum Gasteiger partial charge on any atom is 0.278 e. The van der Waals surface area contributed by atoms with Crippen LogP contribution in [0.1, 0.15) is 10.6 Å². The third-order valence-electron chi connectivity index (χ3n) is 4.88. The fourth-order valence-corrected chi connectivity index (χ4v) is 4.29. The summed E-state index contributed by atoms with van der Waals surface area (Å²) >= 11 is 1.74. The maximum atomic E-state index is 11.3. The van der Waals surface area contributed by atoms with Gasteiger partial charge >= 0.3 is 0 Å². The van der Waals surface area contributed by atoms with Crippen LogP contribution in [0.2, 0.25) is 0 Å². The first-order chi connectivity index (χ1) is 12.5. The van der Waals surface area contributed by atoms with E-state index in [1.54, 1.807) is 29.8 Å².